The first-order valence-corrected chi connectivity index (χ1v) is 7.47. The van der Waals surface area contributed by atoms with Crippen LogP contribution in [0.2, 0.25) is 10.0 Å². The van der Waals surface area contributed by atoms with Gasteiger partial charge in [0.15, 0.2) is 11.5 Å². The highest BCUT2D eigenvalue weighted by atomic mass is 35.5. The van der Waals surface area contributed by atoms with Crippen LogP contribution in [0.1, 0.15) is 36.9 Å². The van der Waals surface area contributed by atoms with Crippen LogP contribution < -0.4 is 10.1 Å². The summed E-state index contributed by atoms with van der Waals surface area (Å²) in [6, 6.07) is 0.740. The smallest absolute Gasteiger partial charge is 0.259 e. The molecule has 1 atom stereocenters. The molecule has 1 aliphatic rings. The Morgan fingerprint density at radius 3 is 3.00 bits per heavy atom. The van der Waals surface area contributed by atoms with E-state index in [1.54, 1.807) is 0 Å². The predicted molar refractivity (Wildman–Crippen MR) is 94.5 cm³/mol. The van der Waals surface area contributed by atoms with E-state index in [1.165, 1.54) is 18.1 Å². The van der Waals surface area contributed by atoms with Gasteiger partial charge in [0.05, 0.1) is 17.2 Å². The van der Waals surface area contributed by atoms with Gasteiger partial charge in [-0.25, -0.2) is 0 Å². The van der Waals surface area contributed by atoms with Crippen LogP contribution in [-0.2, 0) is 0 Å². The normalized spacial score (nSPS) is 22.0. The Kier molecular flexibility index (Phi) is 5.15. The molecule has 1 aliphatic heterocycles. The highest BCUT2D eigenvalue weighted by Crippen LogP contribution is 2.40. The van der Waals surface area contributed by atoms with Crippen LogP contribution in [0.5, 0.6) is 11.5 Å². The molecule has 0 unspecified atom stereocenters. The zero-order chi connectivity index (χ0) is 20.6. The standard InChI is InChI=1S/C15H20Cl2N2O3.ClH/c1-3-19-6-4-5-9(19)8-18-15(21)12-13(20)10(16)7-11(17)14(12)22-2;/h7,9,20H,3-6,8H2,1-2H3,(H,18,21);1H/t9-;/m0./s1/i1D3,3D2;. The molecule has 5 nitrogen and oxygen atoms in total. The third kappa shape index (κ3) is 4.35. The van der Waals surface area contributed by atoms with E-state index in [0.717, 1.165) is 0 Å². The van der Waals surface area contributed by atoms with Gasteiger partial charge in [-0.1, -0.05) is 30.1 Å². The van der Waals surface area contributed by atoms with Crippen molar-refractivity contribution in [2.75, 3.05) is 26.7 Å². The van der Waals surface area contributed by atoms with Gasteiger partial charge in [-0.05, 0) is 31.9 Å². The Morgan fingerprint density at radius 2 is 2.35 bits per heavy atom. The number of halogens is 3. The number of likely N-dealkylation sites (tertiary alicyclic amines) is 1. The molecule has 0 aromatic heterocycles. The Morgan fingerprint density at radius 1 is 1.61 bits per heavy atom. The van der Waals surface area contributed by atoms with Gasteiger partial charge < -0.3 is 15.2 Å². The molecule has 1 saturated heterocycles. The molecule has 0 spiro atoms. The first kappa shape index (κ1) is 13.4. The monoisotopic (exact) mass is 387 g/mol. The van der Waals surface area contributed by atoms with Crippen LogP contribution in [0.25, 0.3) is 0 Å². The minimum atomic E-state index is -2.82. The number of carbonyl (C=O) groups excluding carboxylic acids is 1. The lowest BCUT2D eigenvalue weighted by molar-refractivity contribution is 0.0935. The molecule has 8 heteroatoms. The number of hydrogen-bond acceptors (Lipinski definition) is 4. The minimum absolute atomic E-state index is 0. The van der Waals surface area contributed by atoms with Crippen molar-refractivity contribution in [3.05, 3.63) is 21.7 Å². The number of hydrogen-bond donors (Lipinski definition) is 2. The number of nitrogens with one attached hydrogen (secondary N) is 1. The van der Waals surface area contributed by atoms with Gasteiger partial charge in [0.1, 0.15) is 5.56 Å². The highest BCUT2D eigenvalue weighted by molar-refractivity contribution is 6.37. The fourth-order valence-corrected chi connectivity index (χ4v) is 3.04. The van der Waals surface area contributed by atoms with Gasteiger partial charge in [0.25, 0.3) is 5.91 Å². The molecule has 23 heavy (non-hydrogen) atoms. The van der Waals surface area contributed by atoms with Crippen LogP contribution in [-0.4, -0.2) is 48.7 Å². The summed E-state index contributed by atoms with van der Waals surface area (Å²) in [5.74, 6) is -1.25. The Balaban J connectivity index is 0.00000392. The van der Waals surface area contributed by atoms with E-state index < -0.39 is 31.0 Å². The maximum Gasteiger partial charge on any atom is 0.259 e. The lowest BCUT2D eigenvalue weighted by Crippen LogP contribution is -2.40. The Labute approximate surface area is 159 Å². The van der Waals surface area contributed by atoms with Crippen LogP contribution >= 0.6 is 35.6 Å². The summed E-state index contributed by atoms with van der Waals surface area (Å²) >= 11 is 11.9. The topological polar surface area (TPSA) is 61.8 Å². The molecule has 130 valence electrons. The summed E-state index contributed by atoms with van der Waals surface area (Å²) in [7, 11) is 1.29. The van der Waals surface area contributed by atoms with Crippen molar-refractivity contribution in [2.24, 2.45) is 0 Å². The van der Waals surface area contributed by atoms with Crippen molar-refractivity contribution < 1.29 is 21.5 Å². The molecule has 1 aromatic carbocycles. The van der Waals surface area contributed by atoms with E-state index in [1.807, 2.05) is 0 Å². The van der Waals surface area contributed by atoms with Crippen molar-refractivity contribution in [1.82, 2.24) is 10.2 Å². The summed E-state index contributed by atoms with van der Waals surface area (Å²) in [4.78, 5) is 13.8. The molecule has 2 rings (SSSR count). The number of likely N-dealkylation sites (N-methyl/N-ethyl adjacent to an activating group) is 1. The number of phenolic OH excluding ortho intramolecular Hbond substituents is 1. The largest absolute Gasteiger partial charge is 0.505 e. The summed E-state index contributed by atoms with van der Waals surface area (Å²) in [5.41, 5.74) is -0.238. The number of methoxy groups -OCH3 is 1. The van der Waals surface area contributed by atoms with Crippen LogP contribution in [0.4, 0.5) is 0 Å². The number of nitrogens with zero attached hydrogens (tertiary/aromatic N) is 1. The molecule has 1 amide bonds. The number of carbonyl (C=O) groups is 1. The Bertz CT molecular complexity index is 734. The van der Waals surface area contributed by atoms with Gasteiger partial charge in [0.2, 0.25) is 0 Å². The second-order valence-electron chi connectivity index (χ2n) is 4.91. The fourth-order valence-electron chi connectivity index (χ4n) is 2.50. The molecular formula is C15H21Cl3N2O3. The van der Waals surface area contributed by atoms with Crippen molar-refractivity contribution >= 4 is 41.5 Å². The quantitative estimate of drug-likeness (QED) is 0.812. The SMILES string of the molecule is Cl.[2H]C([2H])([2H])C([2H])([2H])N1CCC[C@H]1CNC(=O)c1c(O)c(Cl)cc(Cl)c1OC. The molecular weight excluding hydrogens is 363 g/mol. The summed E-state index contributed by atoms with van der Waals surface area (Å²) < 4.78 is 43.2. The van der Waals surface area contributed by atoms with E-state index in [9.17, 15) is 9.90 Å². The van der Waals surface area contributed by atoms with Gasteiger partial charge in [-0.2, -0.15) is 0 Å². The molecule has 0 aliphatic carbocycles. The maximum atomic E-state index is 12.6. The van der Waals surface area contributed by atoms with E-state index in [2.05, 4.69) is 5.32 Å². The number of aromatic hydroxyl groups is 1. The van der Waals surface area contributed by atoms with Crippen LogP contribution in [0.3, 0.4) is 0 Å². The average molecular weight is 389 g/mol. The lowest BCUT2D eigenvalue weighted by Gasteiger charge is -2.23. The third-order valence-corrected chi connectivity index (χ3v) is 4.18. The second kappa shape index (κ2) is 8.83. The molecule has 0 bridgehead atoms. The van der Waals surface area contributed by atoms with Crippen molar-refractivity contribution in [3.8, 4) is 11.5 Å². The molecule has 1 aromatic rings. The number of phenols is 1. The highest BCUT2D eigenvalue weighted by Gasteiger charge is 2.26. The first-order valence-electron chi connectivity index (χ1n) is 9.21. The number of rotatable bonds is 5. The summed E-state index contributed by atoms with van der Waals surface area (Å²) in [5, 5.41) is 12.6. The van der Waals surface area contributed by atoms with Gasteiger partial charge in [-0.3, -0.25) is 9.69 Å². The van der Waals surface area contributed by atoms with E-state index >= 15 is 0 Å². The van der Waals surface area contributed by atoms with E-state index in [-0.39, 0.29) is 46.9 Å². The number of amides is 1. The second-order valence-corrected chi connectivity index (χ2v) is 5.72. The summed E-state index contributed by atoms with van der Waals surface area (Å²) in [6.45, 7) is -5.08. The zero-order valence-electron chi connectivity index (χ0n) is 17.4. The van der Waals surface area contributed by atoms with E-state index in [4.69, 9.17) is 34.8 Å². The van der Waals surface area contributed by atoms with Gasteiger partial charge in [0, 0.05) is 19.4 Å². The molecule has 2 N–H and O–H groups in total. The summed E-state index contributed by atoms with van der Waals surface area (Å²) in [6.07, 6.45) is 1.13. The maximum absolute atomic E-state index is 12.6. The van der Waals surface area contributed by atoms with Crippen molar-refractivity contribution in [3.63, 3.8) is 0 Å². The van der Waals surface area contributed by atoms with Gasteiger partial charge >= 0.3 is 0 Å². The van der Waals surface area contributed by atoms with Crippen molar-refractivity contribution in [1.29, 1.82) is 0 Å². The number of ether oxygens (including phenoxy) is 1. The van der Waals surface area contributed by atoms with Gasteiger partial charge in [-0.15, -0.1) is 12.4 Å². The fraction of sp³-hybridized carbons (Fsp3) is 0.533. The van der Waals surface area contributed by atoms with Crippen molar-refractivity contribution in [2.45, 2.75) is 25.7 Å². The van der Waals surface area contributed by atoms with Crippen LogP contribution in [0, 0.1) is 0 Å². The molecule has 1 heterocycles. The Hall–Kier alpha value is -0.880. The number of benzene rings is 1. The average Bonchev–Trinajstić information content (AvgIpc) is 3.03. The third-order valence-electron chi connectivity index (χ3n) is 3.61. The minimum Gasteiger partial charge on any atom is -0.505 e. The zero-order valence-corrected chi connectivity index (χ0v) is 14.7. The lowest BCUT2D eigenvalue weighted by atomic mass is 10.1. The molecule has 0 radical (unpaired) electrons. The first-order chi connectivity index (χ1) is 12.4. The molecule has 0 saturated carbocycles. The van der Waals surface area contributed by atoms with E-state index in [0.29, 0.717) is 12.8 Å². The predicted octanol–water partition coefficient (Wildman–Crippen LogP) is 3.34. The molecule has 1 fully saturated rings. The van der Waals surface area contributed by atoms with Crippen LogP contribution in [0.15, 0.2) is 6.07 Å².